The molecule has 0 amide bonds. The summed E-state index contributed by atoms with van der Waals surface area (Å²) in [5.41, 5.74) is 0.428. The van der Waals surface area contributed by atoms with E-state index in [4.69, 9.17) is 23.2 Å². The van der Waals surface area contributed by atoms with Gasteiger partial charge in [-0.25, -0.2) is 4.39 Å². The molecule has 2 nitrogen and oxygen atoms in total. The average molecular weight is 387 g/mol. The van der Waals surface area contributed by atoms with Gasteiger partial charge in [-0.3, -0.25) is 4.79 Å². The van der Waals surface area contributed by atoms with Gasteiger partial charge in [-0.05, 0) is 45.8 Å². The van der Waals surface area contributed by atoms with E-state index in [9.17, 15) is 14.4 Å². The van der Waals surface area contributed by atoms with Gasteiger partial charge in [0.1, 0.15) is 11.7 Å². The average Bonchev–Trinajstić information content (AvgIpc) is 2.44. The number of nitriles is 1. The van der Waals surface area contributed by atoms with Gasteiger partial charge in [-0.15, -0.1) is 0 Å². The highest BCUT2D eigenvalue weighted by Gasteiger charge is 2.26. The SMILES string of the molecule is N#CC(C(=O)c1cccc(F)c1Br)c1ccc(Cl)cc1Cl. The maximum Gasteiger partial charge on any atom is 0.185 e. The summed E-state index contributed by atoms with van der Waals surface area (Å²) in [5.74, 6) is -2.24. The minimum Gasteiger partial charge on any atom is -0.292 e. The molecule has 0 saturated carbocycles. The van der Waals surface area contributed by atoms with Crippen molar-refractivity contribution >= 4 is 44.9 Å². The lowest BCUT2D eigenvalue weighted by Gasteiger charge is -2.12. The van der Waals surface area contributed by atoms with Crippen molar-refractivity contribution in [2.45, 2.75) is 5.92 Å². The molecule has 0 bridgehead atoms. The molecule has 0 radical (unpaired) electrons. The number of Topliss-reactive ketones (excluding diaryl/α,β-unsaturated/α-hetero) is 1. The molecule has 2 rings (SSSR count). The lowest BCUT2D eigenvalue weighted by atomic mass is 9.92. The third-order valence-corrected chi connectivity index (χ3v) is 4.25. The van der Waals surface area contributed by atoms with Crippen LogP contribution in [0.25, 0.3) is 0 Å². The van der Waals surface area contributed by atoms with Crippen molar-refractivity contribution < 1.29 is 9.18 Å². The van der Waals surface area contributed by atoms with Crippen molar-refractivity contribution in [1.29, 1.82) is 5.26 Å². The van der Waals surface area contributed by atoms with Gasteiger partial charge in [0.05, 0.1) is 10.5 Å². The zero-order valence-electron chi connectivity index (χ0n) is 10.4. The number of ketones is 1. The molecule has 1 unspecified atom stereocenters. The first kappa shape index (κ1) is 16.0. The smallest absolute Gasteiger partial charge is 0.185 e. The van der Waals surface area contributed by atoms with Crippen molar-refractivity contribution in [2.75, 3.05) is 0 Å². The van der Waals surface area contributed by atoms with Crippen molar-refractivity contribution in [1.82, 2.24) is 0 Å². The monoisotopic (exact) mass is 385 g/mol. The fourth-order valence-corrected chi connectivity index (χ4v) is 2.83. The van der Waals surface area contributed by atoms with E-state index in [2.05, 4.69) is 15.9 Å². The number of nitrogens with zero attached hydrogens (tertiary/aromatic N) is 1. The van der Waals surface area contributed by atoms with Crippen LogP contribution < -0.4 is 0 Å². The van der Waals surface area contributed by atoms with Crippen LogP contribution >= 0.6 is 39.1 Å². The highest BCUT2D eigenvalue weighted by molar-refractivity contribution is 9.10. The number of benzene rings is 2. The van der Waals surface area contributed by atoms with Gasteiger partial charge in [-0.2, -0.15) is 5.26 Å². The first-order chi connectivity index (χ1) is 9.95. The molecule has 0 aromatic heterocycles. The molecule has 0 aliphatic rings. The largest absolute Gasteiger partial charge is 0.292 e. The van der Waals surface area contributed by atoms with Crippen LogP contribution in [-0.4, -0.2) is 5.78 Å². The Labute approximate surface area is 139 Å². The Hall–Kier alpha value is -1.41. The minimum absolute atomic E-state index is 0.0281. The third kappa shape index (κ3) is 3.26. The fourth-order valence-electron chi connectivity index (χ4n) is 1.85. The highest BCUT2D eigenvalue weighted by atomic mass is 79.9. The predicted molar refractivity (Wildman–Crippen MR) is 83.2 cm³/mol. The third-order valence-electron chi connectivity index (χ3n) is 2.88. The minimum atomic E-state index is -1.13. The molecular formula is C15H7BrCl2FNO. The van der Waals surface area contributed by atoms with Crippen molar-refractivity contribution in [2.24, 2.45) is 0 Å². The molecule has 1 atom stereocenters. The summed E-state index contributed by atoms with van der Waals surface area (Å²) < 4.78 is 13.5. The van der Waals surface area contributed by atoms with Crippen molar-refractivity contribution in [3.63, 3.8) is 0 Å². The summed E-state index contributed by atoms with van der Waals surface area (Å²) in [4.78, 5) is 12.5. The van der Waals surface area contributed by atoms with Crippen LogP contribution in [0.15, 0.2) is 40.9 Å². The molecule has 0 spiro atoms. The molecule has 2 aromatic carbocycles. The standard InChI is InChI=1S/C15H7BrCl2FNO/c16-14-10(2-1-3-13(14)19)15(21)11(7-20)9-5-4-8(17)6-12(9)18/h1-6,11H. The normalized spacial score (nSPS) is 11.8. The Kier molecular flexibility index (Phi) is 5.00. The molecule has 0 fully saturated rings. The summed E-state index contributed by atoms with van der Waals surface area (Å²) in [6, 6.07) is 10.5. The molecule has 0 saturated heterocycles. The van der Waals surface area contributed by atoms with Crippen LogP contribution in [0.3, 0.4) is 0 Å². The van der Waals surface area contributed by atoms with Crippen LogP contribution in [0.1, 0.15) is 21.8 Å². The second-order valence-electron chi connectivity index (χ2n) is 4.19. The molecule has 2 aromatic rings. The van der Waals surface area contributed by atoms with E-state index in [0.717, 1.165) is 0 Å². The summed E-state index contributed by atoms with van der Waals surface area (Å²) in [6.45, 7) is 0. The maximum atomic E-state index is 13.5. The van der Waals surface area contributed by atoms with E-state index in [1.165, 1.54) is 30.3 Å². The highest BCUT2D eigenvalue weighted by Crippen LogP contribution is 2.32. The van der Waals surface area contributed by atoms with Gasteiger partial charge < -0.3 is 0 Å². The molecule has 0 N–H and O–H groups in total. The van der Waals surface area contributed by atoms with E-state index in [1.807, 2.05) is 6.07 Å². The molecule has 6 heteroatoms. The van der Waals surface area contributed by atoms with Crippen molar-refractivity contribution in [3.8, 4) is 6.07 Å². The Morgan fingerprint density at radius 3 is 2.62 bits per heavy atom. The van der Waals surface area contributed by atoms with E-state index in [-0.39, 0.29) is 15.1 Å². The Morgan fingerprint density at radius 2 is 2.00 bits per heavy atom. The molecule has 106 valence electrons. The zero-order valence-corrected chi connectivity index (χ0v) is 13.5. The van der Waals surface area contributed by atoms with E-state index in [1.54, 1.807) is 6.07 Å². The number of hydrogen-bond donors (Lipinski definition) is 0. The number of carbonyl (C=O) groups excluding carboxylic acids is 1. The molecule has 21 heavy (non-hydrogen) atoms. The van der Waals surface area contributed by atoms with E-state index < -0.39 is 17.5 Å². The Bertz CT molecular complexity index is 758. The molecule has 0 heterocycles. The lowest BCUT2D eigenvalue weighted by molar-refractivity contribution is 0.0977. The zero-order chi connectivity index (χ0) is 15.6. The summed E-state index contributed by atoms with van der Waals surface area (Å²) >= 11 is 14.9. The molecule has 0 aliphatic carbocycles. The van der Waals surface area contributed by atoms with Gasteiger partial charge in [0, 0.05) is 15.6 Å². The van der Waals surface area contributed by atoms with Gasteiger partial charge in [-0.1, -0.05) is 35.3 Å². The van der Waals surface area contributed by atoms with Crippen LogP contribution in [0.5, 0.6) is 0 Å². The summed E-state index contributed by atoms with van der Waals surface area (Å²) in [5, 5.41) is 9.91. The van der Waals surface area contributed by atoms with Crippen LogP contribution in [-0.2, 0) is 0 Å². The number of carbonyl (C=O) groups is 1. The van der Waals surface area contributed by atoms with Gasteiger partial charge >= 0.3 is 0 Å². The summed E-state index contributed by atoms with van der Waals surface area (Å²) in [7, 11) is 0. The van der Waals surface area contributed by atoms with Crippen LogP contribution in [0.2, 0.25) is 10.0 Å². The number of rotatable bonds is 3. The van der Waals surface area contributed by atoms with Crippen LogP contribution in [0.4, 0.5) is 4.39 Å². The summed E-state index contributed by atoms with van der Waals surface area (Å²) in [6.07, 6.45) is 0. The molecule has 0 aliphatic heterocycles. The lowest BCUT2D eigenvalue weighted by Crippen LogP contribution is -2.13. The first-order valence-corrected chi connectivity index (χ1v) is 7.33. The maximum absolute atomic E-state index is 13.5. The van der Waals surface area contributed by atoms with Gasteiger partial charge in [0.25, 0.3) is 0 Å². The second-order valence-corrected chi connectivity index (χ2v) is 5.83. The number of hydrogen-bond acceptors (Lipinski definition) is 2. The van der Waals surface area contributed by atoms with Gasteiger partial charge in [0.15, 0.2) is 5.78 Å². The topological polar surface area (TPSA) is 40.9 Å². The second kappa shape index (κ2) is 6.57. The van der Waals surface area contributed by atoms with Gasteiger partial charge in [0.2, 0.25) is 0 Å². The van der Waals surface area contributed by atoms with E-state index >= 15 is 0 Å². The molecular weight excluding hydrogens is 380 g/mol. The fraction of sp³-hybridized carbons (Fsp3) is 0.0667. The predicted octanol–water partition coefficient (Wildman–Crippen LogP) is 5.39. The number of halogens is 4. The van der Waals surface area contributed by atoms with E-state index in [0.29, 0.717) is 10.6 Å². The quantitative estimate of drug-likeness (QED) is 0.664. The van der Waals surface area contributed by atoms with Crippen LogP contribution in [0, 0.1) is 17.1 Å². The van der Waals surface area contributed by atoms with Crippen molar-refractivity contribution in [3.05, 3.63) is 67.9 Å². The Balaban J connectivity index is 2.49. The first-order valence-electron chi connectivity index (χ1n) is 5.78. The Morgan fingerprint density at radius 1 is 1.29 bits per heavy atom.